The molecule has 1 saturated heterocycles. The van der Waals surface area contributed by atoms with Gasteiger partial charge in [-0.05, 0) is 65.0 Å². The molecule has 2 atom stereocenters. The Morgan fingerprint density at radius 2 is 1.76 bits per heavy atom. The van der Waals surface area contributed by atoms with Crippen LogP contribution < -0.4 is 5.32 Å². The lowest BCUT2D eigenvalue weighted by molar-refractivity contribution is 0.404. The Hall–Kier alpha value is -0.830. The van der Waals surface area contributed by atoms with Crippen LogP contribution in [-0.4, -0.2) is 13.1 Å². The van der Waals surface area contributed by atoms with Crippen LogP contribution in [0.1, 0.15) is 34.9 Å². The molecular weight excluding hydrogens is 346 g/mol. The second-order valence-corrected chi connectivity index (χ2v) is 7.05. The molecule has 0 aromatic heterocycles. The van der Waals surface area contributed by atoms with Gasteiger partial charge in [0.25, 0.3) is 0 Å². The fourth-order valence-corrected chi connectivity index (χ4v) is 3.60. The number of hydrogen-bond acceptors (Lipinski definition) is 1. The predicted molar refractivity (Wildman–Crippen MR) is 93.3 cm³/mol. The van der Waals surface area contributed by atoms with Crippen molar-refractivity contribution in [1.82, 2.24) is 5.32 Å². The lowest BCUT2D eigenvalue weighted by Gasteiger charge is -2.33. The third-order valence-corrected chi connectivity index (χ3v) is 5.59. The highest BCUT2D eigenvalue weighted by atomic mass is 79.9. The summed E-state index contributed by atoms with van der Waals surface area (Å²) in [6, 6.07) is 15.3. The summed E-state index contributed by atoms with van der Waals surface area (Å²) in [5, 5.41) is 4.33. The highest BCUT2D eigenvalue weighted by Crippen LogP contribution is 2.39. The zero-order chi connectivity index (χ0) is 14.8. The Balaban J connectivity index is 1.94. The van der Waals surface area contributed by atoms with E-state index in [1.165, 1.54) is 16.7 Å². The van der Waals surface area contributed by atoms with Gasteiger partial charge in [0.15, 0.2) is 0 Å². The van der Waals surface area contributed by atoms with Crippen molar-refractivity contribution >= 4 is 27.5 Å². The Labute approximate surface area is 139 Å². The smallest absolute Gasteiger partial charge is 0.0550 e. The Morgan fingerprint density at radius 3 is 2.48 bits per heavy atom. The molecule has 3 heteroatoms. The van der Waals surface area contributed by atoms with Crippen LogP contribution in [0.4, 0.5) is 0 Å². The van der Waals surface area contributed by atoms with E-state index >= 15 is 0 Å². The van der Waals surface area contributed by atoms with Crippen molar-refractivity contribution in [2.24, 2.45) is 0 Å². The van der Waals surface area contributed by atoms with E-state index < -0.39 is 0 Å². The van der Waals surface area contributed by atoms with Crippen LogP contribution >= 0.6 is 27.5 Å². The van der Waals surface area contributed by atoms with Crippen molar-refractivity contribution in [3.63, 3.8) is 0 Å². The van der Waals surface area contributed by atoms with E-state index in [4.69, 9.17) is 11.6 Å². The monoisotopic (exact) mass is 363 g/mol. The summed E-state index contributed by atoms with van der Waals surface area (Å²) >= 11 is 9.76. The third-order valence-electron chi connectivity index (χ3n) is 4.36. The summed E-state index contributed by atoms with van der Waals surface area (Å²) in [7, 11) is 0. The van der Waals surface area contributed by atoms with Crippen LogP contribution in [0.3, 0.4) is 0 Å². The van der Waals surface area contributed by atoms with Crippen molar-refractivity contribution in [2.75, 3.05) is 13.1 Å². The lowest BCUT2D eigenvalue weighted by Crippen LogP contribution is -2.34. The summed E-state index contributed by atoms with van der Waals surface area (Å²) in [5.41, 5.74) is 4.07. The predicted octanol–water partition coefficient (Wildman–Crippen LogP) is 5.27. The maximum absolute atomic E-state index is 6.29. The third kappa shape index (κ3) is 3.33. The van der Waals surface area contributed by atoms with Gasteiger partial charge in [0, 0.05) is 16.9 Å². The molecule has 110 valence electrons. The first kappa shape index (κ1) is 15.1. The van der Waals surface area contributed by atoms with Crippen molar-refractivity contribution in [3.8, 4) is 0 Å². The molecule has 1 aliphatic rings. The number of benzene rings is 2. The van der Waals surface area contributed by atoms with Gasteiger partial charge in [0.05, 0.1) is 5.02 Å². The SMILES string of the molecule is Cc1ccc(C2CNCCC2c2ccc(Br)c(Cl)c2)cc1. The maximum atomic E-state index is 6.29. The van der Waals surface area contributed by atoms with Crippen LogP contribution in [0.2, 0.25) is 5.02 Å². The average Bonchev–Trinajstić information content (AvgIpc) is 2.51. The van der Waals surface area contributed by atoms with Gasteiger partial charge < -0.3 is 5.32 Å². The maximum Gasteiger partial charge on any atom is 0.0550 e. The minimum Gasteiger partial charge on any atom is -0.316 e. The number of halogens is 2. The number of nitrogens with one attached hydrogen (secondary N) is 1. The zero-order valence-corrected chi connectivity index (χ0v) is 14.4. The van der Waals surface area contributed by atoms with E-state index in [0.717, 1.165) is 29.0 Å². The minimum atomic E-state index is 0.511. The van der Waals surface area contributed by atoms with E-state index in [2.05, 4.69) is 70.6 Å². The van der Waals surface area contributed by atoms with E-state index in [1.807, 2.05) is 0 Å². The highest BCUT2D eigenvalue weighted by Gasteiger charge is 2.27. The van der Waals surface area contributed by atoms with Crippen LogP contribution in [0.5, 0.6) is 0 Å². The summed E-state index contributed by atoms with van der Waals surface area (Å²) in [4.78, 5) is 0. The number of rotatable bonds is 2. The fraction of sp³-hybridized carbons (Fsp3) is 0.333. The molecule has 0 saturated carbocycles. The molecule has 1 heterocycles. The molecule has 1 aliphatic heterocycles. The van der Waals surface area contributed by atoms with E-state index in [-0.39, 0.29) is 0 Å². The van der Waals surface area contributed by atoms with Crippen molar-refractivity contribution in [1.29, 1.82) is 0 Å². The topological polar surface area (TPSA) is 12.0 Å². The van der Waals surface area contributed by atoms with Crippen molar-refractivity contribution in [2.45, 2.75) is 25.2 Å². The van der Waals surface area contributed by atoms with Gasteiger partial charge >= 0.3 is 0 Å². The molecule has 1 N–H and O–H groups in total. The average molecular weight is 365 g/mol. The van der Waals surface area contributed by atoms with Crippen LogP contribution in [-0.2, 0) is 0 Å². The molecule has 21 heavy (non-hydrogen) atoms. The quantitative estimate of drug-likeness (QED) is 0.765. The molecular formula is C18H19BrClN. The molecule has 2 aromatic rings. The fourth-order valence-electron chi connectivity index (χ4n) is 3.16. The number of hydrogen-bond donors (Lipinski definition) is 1. The second-order valence-electron chi connectivity index (χ2n) is 5.79. The largest absolute Gasteiger partial charge is 0.316 e. The summed E-state index contributed by atoms with van der Waals surface area (Å²) in [6.07, 6.45) is 1.15. The van der Waals surface area contributed by atoms with Crippen LogP contribution in [0, 0.1) is 6.92 Å². The van der Waals surface area contributed by atoms with Gasteiger partial charge in [-0.15, -0.1) is 0 Å². The van der Waals surface area contributed by atoms with Gasteiger partial charge in [-0.1, -0.05) is 47.5 Å². The highest BCUT2D eigenvalue weighted by molar-refractivity contribution is 9.10. The molecule has 2 aromatic carbocycles. The minimum absolute atomic E-state index is 0.511. The first-order chi connectivity index (χ1) is 10.1. The van der Waals surface area contributed by atoms with E-state index in [0.29, 0.717) is 11.8 Å². The first-order valence-electron chi connectivity index (χ1n) is 7.37. The second kappa shape index (κ2) is 6.51. The van der Waals surface area contributed by atoms with Gasteiger partial charge in [-0.3, -0.25) is 0 Å². The molecule has 1 nitrogen and oxygen atoms in total. The zero-order valence-electron chi connectivity index (χ0n) is 12.1. The summed E-state index contributed by atoms with van der Waals surface area (Å²) in [6.45, 7) is 4.23. The van der Waals surface area contributed by atoms with Gasteiger partial charge in [-0.25, -0.2) is 0 Å². The van der Waals surface area contributed by atoms with Gasteiger partial charge in [0.1, 0.15) is 0 Å². The standard InChI is InChI=1S/C18H19BrClN/c1-12-2-4-13(5-3-12)16-11-21-9-8-15(16)14-6-7-17(19)18(20)10-14/h2-7,10,15-16,21H,8-9,11H2,1H3. The molecule has 2 unspecified atom stereocenters. The van der Waals surface area contributed by atoms with E-state index in [9.17, 15) is 0 Å². The lowest BCUT2D eigenvalue weighted by atomic mass is 9.77. The summed E-state index contributed by atoms with van der Waals surface area (Å²) in [5.74, 6) is 1.04. The van der Waals surface area contributed by atoms with Gasteiger partial charge in [-0.2, -0.15) is 0 Å². The molecule has 0 bridgehead atoms. The van der Waals surface area contributed by atoms with Gasteiger partial charge in [0.2, 0.25) is 0 Å². The molecule has 0 amide bonds. The van der Waals surface area contributed by atoms with E-state index in [1.54, 1.807) is 0 Å². The Kier molecular flexibility index (Phi) is 4.68. The molecule has 0 spiro atoms. The van der Waals surface area contributed by atoms with Crippen molar-refractivity contribution in [3.05, 3.63) is 68.7 Å². The van der Waals surface area contributed by atoms with Crippen LogP contribution in [0.15, 0.2) is 46.9 Å². The number of aryl methyl sites for hydroxylation is 1. The number of piperidine rings is 1. The normalized spacial score (nSPS) is 22.2. The Morgan fingerprint density at radius 1 is 1.05 bits per heavy atom. The first-order valence-corrected chi connectivity index (χ1v) is 8.54. The van der Waals surface area contributed by atoms with Crippen LogP contribution in [0.25, 0.3) is 0 Å². The van der Waals surface area contributed by atoms with Crippen molar-refractivity contribution < 1.29 is 0 Å². The molecule has 0 radical (unpaired) electrons. The molecule has 1 fully saturated rings. The Bertz CT molecular complexity index is 624. The summed E-state index contributed by atoms with van der Waals surface area (Å²) < 4.78 is 0.966. The molecule has 0 aliphatic carbocycles. The molecule has 3 rings (SSSR count).